The molecule has 0 spiro atoms. The van der Waals surface area contributed by atoms with Gasteiger partial charge in [0.1, 0.15) is 19.3 Å². The molecule has 0 fully saturated rings. The first-order valence-corrected chi connectivity index (χ1v) is 29.5. The Bertz CT molecular complexity index is 1690. The topological polar surface area (TPSA) is 111 Å². The summed E-state index contributed by atoms with van der Waals surface area (Å²) in [6.45, 7) is 6.66. The number of allylic oxidation sites excluding steroid dienone is 21. The summed E-state index contributed by atoms with van der Waals surface area (Å²) in [5, 5.41) is 2.98. The van der Waals surface area contributed by atoms with Gasteiger partial charge in [-0.25, -0.2) is 4.57 Å². The minimum absolute atomic E-state index is 0.0136. The van der Waals surface area contributed by atoms with Crippen molar-refractivity contribution in [1.29, 1.82) is 0 Å². The third-order valence-electron chi connectivity index (χ3n) is 11.3. The van der Waals surface area contributed by atoms with Crippen molar-refractivity contribution in [3.05, 3.63) is 134 Å². The minimum atomic E-state index is -4.48. The second-order valence-electron chi connectivity index (χ2n) is 19.3. The Hall–Kier alpha value is -3.85. The van der Waals surface area contributed by atoms with Crippen LogP contribution >= 0.6 is 7.82 Å². The van der Waals surface area contributed by atoms with Gasteiger partial charge in [0.25, 0.3) is 0 Å². The number of likely N-dealkylation sites (N-methyl/N-ethyl adjacent to an activating group) is 1. The maximum atomic E-state index is 13.4. The molecule has 0 bridgehead atoms. The van der Waals surface area contributed by atoms with Crippen LogP contribution in [0.5, 0.6) is 0 Å². The summed E-state index contributed by atoms with van der Waals surface area (Å²) in [5.74, 6) is -0.654. The molecule has 1 amide bonds. The Kier molecular flexibility index (Phi) is 48.0. The van der Waals surface area contributed by atoms with Gasteiger partial charge in [-0.3, -0.25) is 18.6 Å². The van der Waals surface area contributed by atoms with Crippen LogP contribution in [0.15, 0.2) is 134 Å². The molecule has 2 N–H and O–H groups in total. The number of unbranched alkanes of at least 4 members (excludes halogenated alkanes) is 12. The van der Waals surface area contributed by atoms with Gasteiger partial charge in [-0.15, -0.1) is 0 Å². The number of amides is 1. The number of esters is 1. The van der Waals surface area contributed by atoms with E-state index in [2.05, 4.69) is 135 Å². The maximum absolute atomic E-state index is 13.4. The fourth-order valence-electron chi connectivity index (χ4n) is 7.07. The smallest absolute Gasteiger partial charge is 0.456 e. The molecule has 408 valence electrons. The van der Waals surface area contributed by atoms with Crippen LogP contribution in [0.1, 0.15) is 194 Å². The molecule has 0 aliphatic rings. The van der Waals surface area contributed by atoms with E-state index in [1.807, 2.05) is 45.4 Å². The molecule has 72 heavy (non-hydrogen) atoms. The highest BCUT2D eigenvalue weighted by Gasteiger charge is 2.30. The molecule has 0 aromatic carbocycles. The van der Waals surface area contributed by atoms with Gasteiger partial charge in [-0.1, -0.05) is 206 Å². The summed E-state index contributed by atoms with van der Waals surface area (Å²) in [7, 11) is 1.41. The Balaban J connectivity index is 5.51. The van der Waals surface area contributed by atoms with Crippen molar-refractivity contribution >= 4 is 19.7 Å². The number of ether oxygens (including phenoxy) is 1. The molecule has 0 saturated carbocycles. The van der Waals surface area contributed by atoms with E-state index in [1.54, 1.807) is 0 Å². The van der Waals surface area contributed by atoms with E-state index in [0.29, 0.717) is 23.9 Å². The van der Waals surface area contributed by atoms with Crippen molar-refractivity contribution < 1.29 is 37.3 Å². The van der Waals surface area contributed by atoms with Crippen molar-refractivity contribution in [3.8, 4) is 0 Å². The molecule has 10 heteroatoms. The monoisotopic (exact) mass is 1020 g/mol. The van der Waals surface area contributed by atoms with E-state index in [0.717, 1.165) is 103 Å². The maximum Gasteiger partial charge on any atom is 0.472 e. The van der Waals surface area contributed by atoms with Crippen LogP contribution in [0.2, 0.25) is 0 Å². The van der Waals surface area contributed by atoms with Crippen LogP contribution in [-0.2, 0) is 27.9 Å². The van der Waals surface area contributed by atoms with Crippen molar-refractivity contribution in [2.45, 2.75) is 206 Å². The summed E-state index contributed by atoms with van der Waals surface area (Å²) in [5.41, 5.74) is 0. The Morgan fingerprint density at radius 1 is 0.500 bits per heavy atom. The zero-order valence-corrected chi connectivity index (χ0v) is 47.3. The Morgan fingerprint density at radius 3 is 1.36 bits per heavy atom. The Morgan fingerprint density at radius 2 is 0.903 bits per heavy atom. The number of rotatable bonds is 48. The number of quaternary nitrogens is 1. The molecule has 0 aliphatic carbocycles. The van der Waals surface area contributed by atoms with Crippen molar-refractivity contribution in [1.82, 2.24) is 5.32 Å². The largest absolute Gasteiger partial charge is 0.472 e. The molecule has 0 heterocycles. The third kappa shape index (κ3) is 51.1. The summed E-state index contributed by atoms with van der Waals surface area (Å²) in [4.78, 5) is 37.5. The number of hydrogen-bond acceptors (Lipinski definition) is 6. The van der Waals surface area contributed by atoms with Crippen LogP contribution in [0.25, 0.3) is 0 Å². The summed E-state index contributed by atoms with van der Waals surface area (Å²) in [6.07, 6.45) is 71.8. The average Bonchev–Trinajstić information content (AvgIpc) is 3.34. The average molecular weight is 1020 g/mol. The van der Waals surface area contributed by atoms with Gasteiger partial charge < -0.3 is 19.4 Å². The van der Waals surface area contributed by atoms with Crippen LogP contribution < -0.4 is 5.32 Å². The molecule has 0 saturated heterocycles. The number of hydrogen-bond donors (Lipinski definition) is 2. The summed E-state index contributed by atoms with van der Waals surface area (Å²) >= 11 is 0. The predicted molar refractivity (Wildman–Crippen MR) is 309 cm³/mol. The van der Waals surface area contributed by atoms with E-state index in [-0.39, 0.29) is 37.9 Å². The van der Waals surface area contributed by atoms with Gasteiger partial charge in [0.2, 0.25) is 5.91 Å². The van der Waals surface area contributed by atoms with E-state index >= 15 is 0 Å². The van der Waals surface area contributed by atoms with Gasteiger partial charge in [0.05, 0.1) is 33.8 Å². The number of nitrogens with zero attached hydrogens (tertiary/aromatic N) is 1. The highest BCUT2D eigenvalue weighted by atomic mass is 31.2. The highest BCUT2D eigenvalue weighted by Crippen LogP contribution is 2.43. The fourth-order valence-corrected chi connectivity index (χ4v) is 7.80. The van der Waals surface area contributed by atoms with Crippen LogP contribution in [0.4, 0.5) is 0 Å². The lowest BCUT2D eigenvalue weighted by atomic mass is 10.1. The quantitative estimate of drug-likeness (QED) is 0.0205. The lowest BCUT2D eigenvalue weighted by Gasteiger charge is -2.27. The molecule has 0 aromatic heterocycles. The standard InChI is InChI=1S/C62H103N2O7P/c1-7-10-13-16-19-22-25-27-29-31-32-33-35-37-40-43-46-49-52-55-62(66)71-60(53-50-47-44-41-38-24-21-18-15-12-9-3)59(58-70-72(67,68)69-57-56-64(4,5)6)63-61(65)54-51-48-45-42-39-36-34-30-28-26-23-20-17-14-11-8-2/h10-11,13-14,19-20,22-23,27-30,32-33,36-37,39-40,45,48,50,53,59-60H,7-9,12,15-18,21,24-26,31,34-35,38,41-44,46-47,49,51-52,54-58H2,1-6H3,(H-,63,65,67,68)/p+1/b13-10-,14-11+,22-19-,23-20+,29-27-,30-28+,33-32-,39-36+,40-37-,48-45+,53-50+. The SMILES string of the molecule is CC/C=C\C/C=C\C/C=C\C/C=C\C/C=C\CCCCCC(=O)OC(/C=C/CCCCCCCCCCC)C(COP(=O)(O)OCC[N+](C)(C)C)NC(=O)CC/C=C/C/C=C/C/C=C/C/C=C/C/C=C/CC. The summed E-state index contributed by atoms with van der Waals surface area (Å²) in [6, 6.07) is -0.910. The van der Waals surface area contributed by atoms with Gasteiger partial charge >= 0.3 is 13.8 Å². The van der Waals surface area contributed by atoms with Crippen molar-refractivity contribution in [3.63, 3.8) is 0 Å². The van der Waals surface area contributed by atoms with Gasteiger partial charge in [-0.2, -0.15) is 0 Å². The molecule has 0 radical (unpaired) electrons. The highest BCUT2D eigenvalue weighted by molar-refractivity contribution is 7.47. The van der Waals surface area contributed by atoms with Crippen LogP contribution in [0, 0.1) is 0 Å². The van der Waals surface area contributed by atoms with Crippen molar-refractivity contribution in [2.24, 2.45) is 0 Å². The normalized spacial score (nSPS) is 14.8. The van der Waals surface area contributed by atoms with E-state index in [4.69, 9.17) is 13.8 Å². The third-order valence-corrected chi connectivity index (χ3v) is 12.3. The van der Waals surface area contributed by atoms with E-state index < -0.39 is 20.0 Å². The number of nitrogens with one attached hydrogen (secondary N) is 1. The number of carbonyl (C=O) groups excluding carboxylic acids is 2. The molecular formula is C62H104N2O7P+. The molecule has 3 unspecified atom stereocenters. The zero-order chi connectivity index (χ0) is 52.9. The number of phosphoric ester groups is 1. The molecule has 0 aromatic rings. The van der Waals surface area contributed by atoms with Gasteiger partial charge in [0.15, 0.2) is 0 Å². The molecule has 0 rings (SSSR count). The van der Waals surface area contributed by atoms with E-state index in [9.17, 15) is 19.0 Å². The molecule has 9 nitrogen and oxygen atoms in total. The Labute approximate surface area is 441 Å². The van der Waals surface area contributed by atoms with Crippen LogP contribution in [0.3, 0.4) is 0 Å². The lowest BCUT2D eigenvalue weighted by Crippen LogP contribution is -2.47. The zero-order valence-electron chi connectivity index (χ0n) is 46.4. The second kappa shape index (κ2) is 50.7. The first-order chi connectivity index (χ1) is 34.9. The number of phosphoric acid groups is 1. The first kappa shape index (κ1) is 68.2. The predicted octanol–water partition coefficient (Wildman–Crippen LogP) is 16.9. The van der Waals surface area contributed by atoms with Gasteiger partial charge in [-0.05, 0) is 109 Å². The fraction of sp³-hybridized carbons (Fsp3) is 0.613. The first-order valence-electron chi connectivity index (χ1n) is 28.0. The van der Waals surface area contributed by atoms with Crippen LogP contribution in [-0.4, -0.2) is 74.3 Å². The molecular weight excluding hydrogens is 916 g/mol. The van der Waals surface area contributed by atoms with Gasteiger partial charge in [0, 0.05) is 12.8 Å². The summed E-state index contributed by atoms with van der Waals surface area (Å²) < 4.78 is 30.5. The number of carbonyl (C=O) groups is 2. The molecule has 0 aliphatic heterocycles. The van der Waals surface area contributed by atoms with E-state index in [1.165, 1.54) is 44.9 Å². The lowest BCUT2D eigenvalue weighted by molar-refractivity contribution is -0.870. The minimum Gasteiger partial charge on any atom is -0.456 e. The van der Waals surface area contributed by atoms with Crippen molar-refractivity contribution in [2.75, 3.05) is 40.9 Å². The second-order valence-corrected chi connectivity index (χ2v) is 20.8. The molecule has 3 atom stereocenters.